The minimum Gasteiger partial charge on any atom is -0.497 e. The first-order chi connectivity index (χ1) is 23.2. The number of carbonyl (C=O) groups is 1. The van der Waals surface area contributed by atoms with Gasteiger partial charge in [0.2, 0.25) is 0 Å². The molecule has 2 aromatic heterocycles. The van der Waals surface area contributed by atoms with Crippen molar-refractivity contribution in [1.29, 1.82) is 0 Å². The molecule has 4 atom stereocenters. The molecule has 284 valence electrons. The SMILES string of the molecule is COc1ccc(-c2ncnc3c2ncn3[C@@H]2O[C@H](CO[Si](C)(C)C(C)(C)C)[C@@H](O[Si](C)(C)C(C)(C)C)[C@H]2O[Si](C)(C)C(C)(C)C)c(OC(C)=O)c1. The average molecular weight is 759 g/mol. The molecule has 0 saturated carbocycles. The number of methoxy groups -OCH3 is 1. The van der Waals surface area contributed by atoms with E-state index in [0.717, 1.165) is 0 Å². The molecule has 1 aliphatic rings. The van der Waals surface area contributed by atoms with E-state index in [1.54, 1.807) is 25.6 Å². The number of ether oxygens (including phenoxy) is 3. The summed E-state index contributed by atoms with van der Waals surface area (Å²) in [6.45, 7) is 35.6. The van der Waals surface area contributed by atoms with Crippen molar-refractivity contribution < 1.29 is 32.3 Å². The lowest BCUT2D eigenvalue weighted by Gasteiger charge is -2.44. The van der Waals surface area contributed by atoms with E-state index in [4.69, 9.17) is 37.5 Å². The number of hydrogen-bond acceptors (Lipinski definition) is 10. The summed E-state index contributed by atoms with van der Waals surface area (Å²) in [6.07, 6.45) is 1.36. The maximum Gasteiger partial charge on any atom is 0.308 e. The highest BCUT2D eigenvalue weighted by atomic mass is 28.4. The van der Waals surface area contributed by atoms with E-state index >= 15 is 0 Å². The van der Waals surface area contributed by atoms with Gasteiger partial charge in [-0.15, -0.1) is 0 Å². The van der Waals surface area contributed by atoms with Crippen LogP contribution in [0.25, 0.3) is 22.4 Å². The van der Waals surface area contributed by atoms with Crippen molar-refractivity contribution >= 4 is 42.1 Å². The summed E-state index contributed by atoms with van der Waals surface area (Å²) in [5.41, 5.74) is 2.21. The predicted octanol–water partition coefficient (Wildman–Crippen LogP) is 9.13. The lowest BCUT2D eigenvalue weighted by molar-refractivity contribution is -0.131. The number of esters is 1. The highest BCUT2D eigenvalue weighted by Gasteiger charge is 2.55. The molecular formula is C37H62N4O7Si3. The van der Waals surface area contributed by atoms with Gasteiger partial charge in [0.1, 0.15) is 47.3 Å². The van der Waals surface area contributed by atoms with E-state index in [-0.39, 0.29) is 15.1 Å². The summed E-state index contributed by atoms with van der Waals surface area (Å²) in [6, 6.07) is 5.28. The molecule has 1 aromatic carbocycles. The van der Waals surface area contributed by atoms with Crippen LogP contribution >= 0.6 is 0 Å². The third-order valence-corrected chi connectivity index (χ3v) is 25.0. The summed E-state index contributed by atoms with van der Waals surface area (Å²) in [5.74, 6) is 0.414. The minimum absolute atomic E-state index is 0.0259. The zero-order valence-corrected chi connectivity index (χ0v) is 37.0. The molecule has 0 aliphatic carbocycles. The van der Waals surface area contributed by atoms with Gasteiger partial charge in [0.25, 0.3) is 0 Å². The molecule has 3 heterocycles. The largest absolute Gasteiger partial charge is 0.497 e. The van der Waals surface area contributed by atoms with Crippen LogP contribution in [0.2, 0.25) is 54.4 Å². The van der Waals surface area contributed by atoms with Crippen LogP contribution in [0.15, 0.2) is 30.9 Å². The first-order valence-electron chi connectivity index (χ1n) is 17.9. The quantitative estimate of drug-likeness (QED) is 0.107. The van der Waals surface area contributed by atoms with Crippen LogP contribution in [-0.4, -0.2) is 82.5 Å². The highest BCUT2D eigenvalue weighted by Crippen LogP contribution is 2.47. The smallest absolute Gasteiger partial charge is 0.308 e. The summed E-state index contributed by atoms with van der Waals surface area (Å²) < 4.78 is 41.6. The third kappa shape index (κ3) is 8.68. The maximum atomic E-state index is 12.1. The van der Waals surface area contributed by atoms with Crippen molar-refractivity contribution in [2.75, 3.05) is 13.7 Å². The molecule has 0 bridgehead atoms. The van der Waals surface area contributed by atoms with Crippen LogP contribution < -0.4 is 9.47 Å². The first-order valence-corrected chi connectivity index (χ1v) is 26.6. The molecule has 14 heteroatoms. The number of aromatic nitrogens is 4. The Labute approximate surface area is 308 Å². The monoisotopic (exact) mass is 758 g/mol. The molecule has 4 rings (SSSR count). The van der Waals surface area contributed by atoms with E-state index in [9.17, 15) is 4.79 Å². The molecule has 0 amide bonds. The molecule has 1 saturated heterocycles. The molecule has 1 fully saturated rings. The first kappa shape index (κ1) is 41.3. The Morgan fingerprint density at radius 2 is 1.39 bits per heavy atom. The van der Waals surface area contributed by atoms with Gasteiger partial charge < -0.3 is 27.5 Å². The number of benzene rings is 1. The second-order valence-corrected chi connectivity index (χ2v) is 32.6. The van der Waals surface area contributed by atoms with Gasteiger partial charge in [-0.05, 0) is 66.5 Å². The zero-order chi connectivity index (χ0) is 38.5. The summed E-state index contributed by atoms with van der Waals surface area (Å²) in [5, 5.41) is -0.0833. The van der Waals surface area contributed by atoms with E-state index in [0.29, 0.717) is 40.5 Å². The van der Waals surface area contributed by atoms with Crippen molar-refractivity contribution in [2.24, 2.45) is 0 Å². The molecule has 0 spiro atoms. The second-order valence-electron chi connectivity index (χ2n) is 18.3. The van der Waals surface area contributed by atoms with Gasteiger partial charge in [0.15, 0.2) is 36.8 Å². The molecule has 3 aromatic rings. The van der Waals surface area contributed by atoms with E-state index in [1.165, 1.54) is 13.3 Å². The van der Waals surface area contributed by atoms with Crippen LogP contribution in [0.1, 0.15) is 75.5 Å². The molecule has 0 radical (unpaired) electrons. The van der Waals surface area contributed by atoms with Crippen molar-refractivity contribution in [3.05, 3.63) is 30.9 Å². The van der Waals surface area contributed by atoms with E-state index in [1.807, 2.05) is 10.6 Å². The van der Waals surface area contributed by atoms with Crippen molar-refractivity contribution in [2.45, 2.75) is 148 Å². The molecule has 0 N–H and O–H groups in total. The van der Waals surface area contributed by atoms with Crippen LogP contribution in [0.5, 0.6) is 11.5 Å². The molecule has 51 heavy (non-hydrogen) atoms. The average Bonchev–Trinajstić information content (AvgIpc) is 3.55. The number of hydrogen-bond donors (Lipinski definition) is 0. The fraction of sp³-hybridized carbons (Fsp3) is 0.676. The number of nitrogens with zero attached hydrogens (tertiary/aromatic N) is 4. The summed E-state index contributed by atoms with van der Waals surface area (Å²) in [4.78, 5) is 26.3. The maximum absolute atomic E-state index is 12.1. The Bertz CT molecular complexity index is 1710. The van der Waals surface area contributed by atoms with Gasteiger partial charge in [-0.3, -0.25) is 9.36 Å². The fourth-order valence-corrected chi connectivity index (χ4v) is 8.79. The van der Waals surface area contributed by atoms with Crippen molar-refractivity contribution in [3.63, 3.8) is 0 Å². The number of imidazole rings is 1. The normalized spacial score (nSPS) is 21.0. The predicted molar refractivity (Wildman–Crippen MR) is 210 cm³/mol. The topological polar surface area (TPSA) is 116 Å². The van der Waals surface area contributed by atoms with Gasteiger partial charge in [0, 0.05) is 18.6 Å². The lowest BCUT2D eigenvalue weighted by Crippen LogP contribution is -2.54. The lowest BCUT2D eigenvalue weighted by atomic mass is 10.1. The van der Waals surface area contributed by atoms with Gasteiger partial charge in [-0.25, -0.2) is 15.0 Å². The van der Waals surface area contributed by atoms with Gasteiger partial charge in [0.05, 0.1) is 20.0 Å². The Morgan fingerprint density at radius 3 is 1.92 bits per heavy atom. The zero-order valence-electron chi connectivity index (χ0n) is 34.0. The van der Waals surface area contributed by atoms with Crippen LogP contribution in [0.3, 0.4) is 0 Å². The number of rotatable bonds is 11. The van der Waals surface area contributed by atoms with Gasteiger partial charge >= 0.3 is 5.97 Å². The van der Waals surface area contributed by atoms with E-state index < -0.39 is 55.5 Å². The Balaban J connectivity index is 1.90. The molecule has 1 aliphatic heterocycles. The van der Waals surface area contributed by atoms with Crippen molar-refractivity contribution in [1.82, 2.24) is 19.5 Å². The van der Waals surface area contributed by atoms with Crippen molar-refractivity contribution in [3.8, 4) is 22.8 Å². The standard InChI is InChI=1S/C37H62N4O7Si3/c1-24(42)45-27-20-25(43-11)18-19-26(27)29-30-33(39-22-38-29)41(23-40-30)34-32(48-51(16,17)37(8,9)10)31(47-50(14,15)36(5,6)7)28(46-34)21-44-49(12,13)35(2,3)4/h18-20,22-23,28,31-32,34H,21H2,1-17H3/t28-,31-,32-,34-/m1/s1. The third-order valence-electron chi connectivity index (χ3n) is 11.5. The molecule has 11 nitrogen and oxygen atoms in total. The summed E-state index contributed by atoms with van der Waals surface area (Å²) >= 11 is 0. The summed E-state index contributed by atoms with van der Waals surface area (Å²) in [7, 11) is -5.27. The molecular weight excluding hydrogens is 697 g/mol. The Kier molecular flexibility index (Phi) is 11.7. The fourth-order valence-electron chi connectivity index (χ4n) is 5.17. The van der Waals surface area contributed by atoms with Crippen LogP contribution in [0.4, 0.5) is 0 Å². The van der Waals surface area contributed by atoms with Crippen LogP contribution in [-0.2, 0) is 22.8 Å². The number of carbonyl (C=O) groups excluding carboxylic acids is 1. The highest BCUT2D eigenvalue weighted by molar-refractivity contribution is 6.75. The second kappa shape index (κ2) is 14.4. The van der Waals surface area contributed by atoms with E-state index in [2.05, 4.69) is 107 Å². The minimum atomic E-state index is -2.37. The van der Waals surface area contributed by atoms with Gasteiger partial charge in [-0.1, -0.05) is 62.3 Å². The Hall–Kier alpha value is -2.47. The number of fused-ring (bicyclic) bond motifs is 1. The Morgan fingerprint density at radius 1 is 0.824 bits per heavy atom. The van der Waals surface area contributed by atoms with Gasteiger partial charge in [-0.2, -0.15) is 0 Å². The van der Waals surface area contributed by atoms with Crippen LogP contribution in [0, 0.1) is 0 Å². The molecule has 0 unspecified atom stereocenters.